The van der Waals surface area contributed by atoms with E-state index in [9.17, 15) is 4.79 Å². The molecule has 0 saturated carbocycles. The van der Waals surface area contributed by atoms with Crippen LogP contribution < -0.4 is 16.2 Å². The highest BCUT2D eigenvalue weighted by atomic mass is 35.5. The molecule has 5 nitrogen and oxygen atoms in total. The van der Waals surface area contributed by atoms with Crippen molar-refractivity contribution < 1.29 is 0 Å². The Bertz CT molecular complexity index is 696. The van der Waals surface area contributed by atoms with Gasteiger partial charge in [-0.2, -0.15) is 0 Å². The van der Waals surface area contributed by atoms with Crippen molar-refractivity contribution in [2.75, 3.05) is 17.7 Å². The highest BCUT2D eigenvalue weighted by Crippen LogP contribution is 2.21. The first-order valence-corrected chi connectivity index (χ1v) is 7.10. The van der Waals surface area contributed by atoms with Crippen LogP contribution in [0, 0.1) is 0 Å². The van der Waals surface area contributed by atoms with E-state index >= 15 is 0 Å². The fourth-order valence-corrected chi connectivity index (χ4v) is 2.31. The number of halogens is 1. The van der Waals surface area contributed by atoms with Crippen molar-refractivity contribution in [1.29, 1.82) is 0 Å². The Morgan fingerprint density at radius 1 is 1.43 bits per heavy atom. The van der Waals surface area contributed by atoms with Gasteiger partial charge in [0.1, 0.15) is 0 Å². The van der Waals surface area contributed by atoms with Gasteiger partial charge in [-0.05, 0) is 37.6 Å². The molecule has 0 radical (unpaired) electrons. The Morgan fingerprint density at radius 2 is 2.14 bits per heavy atom. The van der Waals surface area contributed by atoms with E-state index in [-0.39, 0.29) is 11.6 Å². The van der Waals surface area contributed by atoms with E-state index in [0.717, 1.165) is 5.56 Å². The molecule has 0 amide bonds. The zero-order valence-electron chi connectivity index (χ0n) is 12.4. The van der Waals surface area contributed by atoms with Gasteiger partial charge in [0.2, 0.25) is 0 Å². The number of nitrogens with two attached hydrogens (primary N) is 1. The predicted octanol–water partition coefficient (Wildman–Crippen LogP) is 2.70. The van der Waals surface area contributed by atoms with Crippen LogP contribution in [0.4, 0.5) is 11.5 Å². The van der Waals surface area contributed by atoms with Gasteiger partial charge in [0.25, 0.3) is 5.56 Å². The van der Waals surface area contributed by atoms with Crippen LogP contribution in [0.1, 0.15) is 25.5 Å². The van der Waals surface area contributed by atoms with Gasteiger partial charge in [0.15, 0.2) is 5.82 Å². The normalized spacial score (nSPS) is 10.9. The minimum Gasteiger partial charge on any atom is -0.399 e. The van der Waals surface area contributed by atoms with Crippen LogP contribution in [-0.4, -0.2) is 16.6 Å². The maximum Gasteiger partial charge on any atom is 0.293 e. The number of hydrogen-bond acceptors (Lipinski definition) is 4. The summed E-state index contributed by atoms with van der Waals surface area (Å²) in [6.45, 7) is 4.38. The molecule has 1 aromatic heterocycles. The number of anilines is 2. The molecule has 6 heteroatoms. The molecule has 0 bridgehead atoms. The van der Waals surface area contributed by atoms with Gasteiger partial charge in [-0.3, -0.25) is 4.79 Å². The zero-order valence-corrected chi connectivity index (χ0v) is 13.1. The van der Waals surface area contributed by atoms with Crippen LogP contribution in [0.3, 0.4) is 0 Å². The maximum absolute atomic E-state index is 12.4. The van der Waals surface area contributed by atoms with E-state index in [1.165, 1.54) is 0 Å². The molecule has 0 atom stereocenters. The number of rotatable bonds is 4. The summed E-state index contributed by atoms with van der Waals surface area (Å²) in [4.78, 5) is 18.4. The average molecular weight is 307 g/mol. The number of aromatic nitrogens is 2. The molecule has 0 aliphatic rings. The molecule has 1 aromatic carbocycles. The molecule has 2 rings (SSSR count). The minimum absolute atomic E-state index is 0.0867. The van der Waals surface area contributed by atoms with Crippen molar-refractivity contribution in [3.8, 4) is 0 Å². The highest BCUT2D eigenvalue weighted by molar-refractivity contribution is 6.31. The van der Waals surface area contributed by atoms with Crippen LogP contribution >= 0.6 is 11.6 Å². The molecule has 0 aliphatic heterocycles. The Hall–Kier alpha value is -2.01. The summed E-state index contributed by atoms with van der Waals surface area (Å²) in [7, 11) is 1.81. The van der Waals surface area contributed by atoms with Crippen LogP contribution in [0.5, 0.6) is 0 Å². The fraction of sp³-hybridized carbons (Fsp3) is 0.333. The average Bonchev–Trinajstić information content (AvgIpc) is 2.42. The molecular formula is C15H19ClN4O. The number of benzene rings is 1. The summed E-state index contributed by atoms with van der Waals surface area (Å²) in [5, 5.41) is 0.621. The lowest BCUT2D eigenvalue weighted by atomic mass is 10.2. The van der Waals surface area contributed by atoms with E-state index in [2.05, 4.69) is 4.98 Å². The number of nitrogen functional groups attached to an aromatic ring is 1. The van der Waals surface area contributed by atoms with Crippen LogP contribution in [-0.2, 0) is 6.54 Å². The summed E-state index contributed by atoms with van der Waals surface area (Å²) in [6, 6.07) is 5.40. The first-order chi connectivity index (χ1) is 9.90. The Labute approximate surface area is 129 Å². The van der Waals surface area contributed by atoms with Crippen molar-refractivity contribution in [3.63, 3.8) is 0 Å². The third-order valence-corrected chi connectivity index (χ3v) is 3.61. The van der Waals surface area contributed by atoms with Crippen molar-refractivity contribution in [3.05, 3.63) is 51.5 Å². The second kappa shape index (κ2) is 6.18. The van der Waals surface area contributed by atoms with Gasteiger partial charge >= 0.3 is 0 Å². The zero-order chi connectivity index (χ0) is 15.6. The summed E-state index contributed by atoms with van der Waals surface area (Å²) in [5.74, 6) is 0.393. The molecule has 112 valence electrons. The summed E-state index contributed by atoms with van der Waals surface area (Å²) in [5.41, 5.74) is 7.16. The topological polar surface area (TPSA) is 64.2 Å². The monoisotopic (exact) mass is 306 g/mol. The van der Waals surface area contributed by atoms with Crippen LogP contribution in [0.25, 0.3) is 0 Å². The first kappa shape index (κ1) is 15.4. The van der Waals surface area contributed by atoms with Gasteiger partial charge < -0.3 is 15.2 Å². The quantitative estimate of drug-likeness (QED) is 0.882. The second-order valence-electron chi connectivity index (χ2n) is 5.26. The maximum atomic E-state index is 12.4. The summed E-state index contributed by atoms with van der Waals surface area (Å²) in [6.07, 6.45) is 3.33. The SMILES string of the molecule is CC(C)n1ccnc(N(C)Cc2cc(N)ccc2Cl)c1=O. The van der Waals surface area contributed by atoms with Crippen molar-refractivity contribution in [2.24, 2.45) is 0 Å². The fourth-order valence-electron chi connectivity index (χ4n) is 2.13. The largest absolute Gasteiger partial charge is 0.399 e. The van der Waals surface area contributed by atoms with Gasteiger partial charge in [-0.1, -0.05) is 11.6 Å². The summed E-state index contributed by atoms with van der Waals surface area (Å²) >= 11 is 6.16. The standard InChI is InChI=1S/C15H19ClN4O/c1-10(2)20-7-6-18-14(15(20)21)19(3)9-11-8-12(17)4-5-13(11)16/h4-8,10H,9,17H2,1-3H3. The third-order valence-electron chi connectivity index (χ3n) is 3.25. The van der Waals surface area contributed by atoms with E-state index in [1.54, 1.807) is 34.0 Å². The van der Waals surface area contributed by atoms with Crippen molar-refractivity contribution in [2.45, 2.75) is 26.4 Å². The molecule has 0 spiro atoms. The van der Waals surface area contributed by atoms with Crippen LogP contribution in [0.2, 0.25) is 5.02 Å². The lowest BCUT2D eigenvalue weighted by molar-refractivity contribution is 0.572. The highest BCUT2D eigenvalue weighted by Gasteiger charge is 2.13. The minimum atomic E-state index is -0.116. The molecule has 0 saturated heterocycles. The molecule has 2 aromatic rings. The summed E-state index contributed by atoms with van der Waals surface area (Å²) < 4.78 is 1.65. The van der Waals surface area contributed by atoms with Gasteiger partial charge in [0.05, 0.1) is 0 Å². The number of hydrogen-bond donors (Lipinski definition) is 1. The molecule has 1 heterocycles. The molecule has 0 fully saturated rings. The Morgan fingerprint density at radius 3 is 2.81 bits per heavy atom. The van der Waals surface area contributed by atoms with E-state index in [1.807, 2.05) is 27.0 Å². The molecule has 0 aliphatic carbocycles. The van der Waals surface area contributed by atoms with Gasteiger partial charge in [-0.25, -0.2) is 4.98 Å². The molecule has 2 N–H and O–H groups in total. The lowest BCUT2D eigenvalue weighted by Gasteiger charge is -2.20. The molecular weight excluding hydrogens is 288 g/mol. The molecule has 0 unspecified atom stereocenters. The second-order valence-corrected chi connectivity index (χ2v) is 5.67. The van der Waals surface area contributed by atoms with E-state index in [0.29, 0.717) is 23.1 Å². The van der Waals surface area contributed by atoms with Crippen molar-refractivity contribution >= 4 is 23.1 Å². The Balaban J connectivity index is 2.33. The van der Waals surface area contributed by atoms with E-state index in [4.69, 9.17) is 17.3 Å². The lowest BCUT2D eigenvalue weighted by Crippen LogP contribution is -2.31. The predicted molar refractivity (Wildman–Crippen MR) is 86.9 cm³/mol. The van der Waals surface area contributed by atoms with E-state index < -0.39 is 0 Å². The number of nitrogens with zero attached hydrogens (tertiary/aromatic N) is 3. The van der Waals surface area contributed by atoms with Gasteiger partial charge in [-0.15, -0.1) is 0 Å². The Kier molecular flexibility index (Phi) is 4.53. The first-order valence-electron chi connectivity index (χ1n) is 6.72. The van der Waals surface area contributed by atoms with Gasteiger partial charge in [0, 0.05) is 42.7 Å². The smallest absolute Gasteiger partial charge is 0.293 e. The van der Waals surface area contributed by atoms with Crippen molar-refractivity contribution in [1.82, 2.24) is 9.55 Å². The molecule has 21 heavy (non-hydrogen) atoms. The van der Waals surface area contributed by atoms with Crippen LogP contribution in [0.15, 0.2) is 35.4 Å². The third kappa shape index (κ3) is 3.36.